The summed E-state index contributed by atoms with van der Waals surface area (Å²) in [6.45, 7) is 1.80. The van der Waals surface area contributed by atoms with Gasteiger partial charge in [0, 0.05) is 28.0 Å². The van der Waals surface area contributed by atoms with Crippen molar-refractivity contribution >= 4 is 56.3 Å². The van der Waals surface area contributed by atoms with Gasteiger partial charge in [-0.15, -0.1) is 0 Å². The monoisotopic (exact) mass is 454 g/mol. The van der Waals surface area contributed by atoms with Crippen molar-refractivity contribution in [2.75, 3.05) is 4.72 Å². The Morgan fingerprint density at radius 2 is 1.71 bits per heavy atom. The van der Waals surface area contributed by atoms with Crippen molar-refractivity contribution < 1.29 is 13.2 Å². The minimum absolute atomic E-state index is 0.0843. The van der Waals surface area contributed by atoms with E-state index >= 15 is 0 Å². The van der Waals surface area contributed by atoms with Crippen molar-refractivity contribution in [1.82, 2.24) is 4.98 Å². The van der Waals surface area contributed by atoms with Gasteiger partial charge in [0.05, 0.1) is 20.6 Å². The van der Waals surface area contributed by atoms with Crippen LogP contribution in [0.1, 0.15) is 21.6 Å². The highest BCUT2D eigenvalue weighted by Crippen LogP contribution is 2.29. The number of aromatic nitrogens is 1. The lowest BCUT2D eigenvalue weighted by Gasteiger charge is -2.13. The molecule has 1 N–H and O–H groups in total. The summed E-state index contributed by atoms with van der Waals surface area (Å²) < 4.78 is 27.9. The van der Waals surface area contributed by atoms with Gasteiger partial charge in [0.2, 0.25) is 0 Å². The molecular formula is C19H13Cl3N2O3S. The molecule has 0 atom stereocenters. The van der Waals surface area contributed by atoms with Gasteiger partial charge >= 0.3 is 0 Å². The number of hydrogen-bond acceptors (Lipinski definition) is 4. The van der Waals surface area contributed by atoms with Crippen LogP contribution in [0.25, 0.3) is 0 Å². The average Bonchev–Trinajstić information content (AvgIpc) is 2.65. The quantitative estimate of drug-likeness (QED) is 0.524. The van der Waals surface area contributed by atoms with Crippen LogP contribution in [0, 0.1) is 6.92 Å². The Kier molecular flexibility index (Phi) is 5.95. The minimum Gasteiger partial charge on any atom is -0.288 e. The van der Waals surface area contributed by atoms with Crippen molar-refractivity contribution in [3.63, 3.8) is 0 Å². The average molecular weight is 456 g/mol. The zero-order chi connectivity index (χ0) is 20.5. The topological polar surface area (TPSA) is 76.1 Å². The molecule has 1 aromatic heterocycles. The summed E-state index contributed by atoms with van der Waals surface area (Å²) in [4.78, 5) is 16.9. The summed E-state index contributed by atoms with van der Waals surface area (Å²) in [6.07, 6.45) is 1.43. The lowest BCUT2D eigenvalue weighted by atomic mass is 10.0. The SMILES string of the molecule is Cc1ccc(C(=O)c2cc(Cl)ccc2NS(=O)(=O)c2ccc(Cl)c(Cl)c2)cn1. The van der Waals surface area contributed by atoms with Gasteiger partial charge in [-0.1, -0.05) is 34.8 Å². The Morgan fingerprint density at radius 1 is 0.964 bits per heavy atom. The van der Waals surface area contributed by atoms with E-state index in [0.29, 0.717) is 10.6 Å². The summed E-state index contributed by atoms with van der Waals surface area (Å²) in [7, 11) is -4.01. The van der Waals surface area contributed by atoms with Gasteiger partial charge in [-0.25, -0.2) is 8.42 Å². The molecule has 3 aromatic rings. The first kappa shape index (κ1) is 20.6. The second-order valence-electron chi connectivity index (χ2n) is 5.89. The standard InChI is InChI=1S/C19H13Cl3N2O3S/c1-11-2-3-12(10-23-11)19(25)15-8-13(20)4-7-18(15)24-28(26,27)14-5-6-16(21)17(22)9-14/h2-10,24H,1H3. The van der Waals surface area contributed by atoms with Crippen LogP contribution in [0.3, 0.4) is 0 Å². The van der Waals surface area contributed by atoms with E-state index in [1.54, 1.807) is 19.1 Å². The van der Waals surface area contributed by atoms with Crippen molar-refractivity contribution in [3.05, 3.63) is 86.6 Å². The van der Waals surface area contributed by atoms with Gasteiger partial charge in [0.25, 0.3) is 10.0 Å². The van der Waals surface area contributed by atoms with Gasteiger partial charge in [-0.2, -0.15) is 0 Å². The highest BCUT2D eigenvalue weighted by Gasteiger charge is 2.21. The lowest BCUT2D eigenvalue weighted by Crippen LogP contribution is -2.16. The highest BCUT2D eigenvalue weighted by molar-refractivity contribution is 7.92. The number of ketones is 1. The third-order valence-corrected chi connectivity index (χ3v) is 6.18. The third-order valence-electron chi connectivity index (χ3n) is 3.85. The number of carbonyl (C=O) groups excluding carboxylic acids is 1. The molecule has 0 saturated heterocycles. The van der Waals surface area contributed by atoms with E-state index in [2.05, 4.69) is 9.71 Å². The molecule has 9 heteroatoms. The zero-order valence-corrected chi connectivity index (χ0v) is 17.5. The Labute approximate surface area is 177 Å². The summed E-state index contributed by atoms with van der Waals surface area (Å²) >= 11 is 17.8. The van der Waals surface area contributed by atoms with Gasteiger partial charge in [0.1, 0.15) is 0 Å². The first-order valence-corrected chi connectivity index (χ1v) is 10.5. The fourth-order valence-corrected chi connectivity index (χ4v) is 4.04. The van der Waals surface area contributed by atoms with E-state index < -0.39 is 15.8 Å². The number of hydrogen-bond donors (Lipinski definition) is 1. The van der Waals surface area contributed by atoms with Crippen molar-refractivity contribution in [1.29, 1.82) is 0 Å². The Hall–Kier alpha value is -2.12. The highest BCUT2D eigenvalue weighted by atomic mass is 35.5. The van der Waals surface area contributed by atoms with Crippen LogP contribution < -0.4 is 4.72 Å². The van der Waals surface area contributed by atoms with Crippen LogP contribution in [-0.4, -0.2) is 19.2 Å². The number of nitrogens with zero attached hydrogens (tertiary/aromatic N) is 1. The second-order valence-corrected chi connectivity index (χ2v) is 8.82. The Bertz CT molecular complexity index is 1160. The molecule has 0 bridgehead atoms. The summed E-state index contributed by atoms with van der Waals surface area (Å²) in [5, 5.41) is 0.624. The molecule has 0 spiro atoms. The van der Waals surface area contributed by atoms with Crippen LogP contribution in [-0.2, 0) is 10.0 Å². The lowest BCUT2D eigenvalue weighted by molar-refractivity contribution is 0.103. The van der Waals surface area contributed by atoms with Crippen LogP contribution >= 0.6 is 34.8 Å². The van der Waals surface area contributed by atoms with Crippen LogP contribution in [0.5, 0.6) is 0 Å². The van der Waals surface area contributed by atoms with Crippen LogP contribution in [0.2, 0.25) is 15.1 Å². The maximum Gasteiger partial charge on any atom is 0.261 e. The molecule has 0 aliphatic carbocycles. The molecular weight excluding hydrogens is 443 g/mol. The molecule has 0 saturated carbocycles. The van der Waals surface area contributed by atoms with Crippen LogP contribution in [0.4, 0.5) is 5.69 Å². The molecule has 28 heavy (non-hydrogen) atoms. The third kappa shape index (κ3) is 4.47. The molecule has 3 rings (SSSR count). The largest absolute Gasteiger partial charge is 0.288 e. The van der Waals surface area contributed by atoms with Crippen LogP contribution in [0.15, 0.2) is 59.6 Å². The number of benzene rings is 2. The first-order valence-electron chi connectivity index (χ1n) is 7.92. The number of sulfonamides is 1. The number of pyridine rings is 1. The predicted octanol–water partition coefficient (Wildman–Crippen LogP) is 5.38. The summed E-state index contributed by atoms with van der Waals surface area (Å²) in [5.74, 6) is -0.415. The van der Waals surface area contributed by atoms with Crippen molar-refractivity contribution in [3.8, 4) is 0 Å². The number of rotatable bonds is 5. The van der Waals surface area contributed by atoms with E-state index in [1.165, 1.54) is 42.6 Å². The molecule has 144 valence electrons. The van der Waals surface area contributed by atoms with E-state index in [1.807, 2.05) is 0 Å². The normalized spacial score (nSPS) is 11.3. The minimum atomic E-state index is -4.01. The number of carbonyl (C=O) groups is 1. The Balaban J connectivity index is 2.01. The maximum absolute atomic E-state index is 12.9. The predicted molar refractivity (Wildman–Crippen MR) is 111 cm³/mol. The second kappa shape index (κ2) is 8.09. The molecule has 2 aromatic carbocycles. The number of aryl methyl sites for hydroxylation is 1. The molecule has 0 radical (unpaired) electrons. The van der Waals surface area contributed by atoms with E-state index in [-0.39, 0.29) is 26.2 Å². The molecule has 0 amide bonds. The molecule has 5 nitrogen and oxygen atoms in total. The van der Waals surface area contributed by atoms with E-state index in [9.17, 15) is 13.2 Å². The molecule has 1 heterocycles. The summed E-state index contributed by atoms with van der Waals surface area (Å²) in [5.41, 5.74) is 1.24. The van der Waals surface area contributed by atoms with Crippen molar-refractivity contribution in [2.45, 2.75) is 11.8 Å². The number of halogens is 3. The molecule has 0 fully saturated rings. The van der Waals surface area contributed by atoms with Gasteiger partial charge < -0.3 is 0 Å². The van der Waals surface area contributed by atoms with Crippen molar-refractivity contribution in [2.24, 2.45) is 0 Å². The Morgan fingerprint density at radius 3 is 2.36 bits per heavy atom. The van der Waals surface area contributed by atoms with Gasteiger partial charge in [-0.3, -0.25) is 14.5 Å². The first-order chi connectivity index (χ1) is 13.2. The number of anilines is 1. The van der Waals surface area contributed by atoms with E-state index in [4.69, 9.17) is 34.8 Å². The fourth-order valence-electron chi connectivity index (χ4n) is 2.40. The number of nitrogens with one attached hydrogen (secondary N) is 1. The molecule has 0 unspecified atom stereocenters. The summed E-state index contributed by atoms with van der Waals surface area (Å²) in [6, 6.07) is 11.5. The maximum atomic E-state index is 12.9. The van der Waals surface area contributed by atoms with E-state index in [0.717, 1.165) is 5.69 Å². The zero-order valence-electron chi connectivity index (χ0n) is 14.4. The molecule has 0 aliphatic rings. The smallest absolute Gasteiger partial charge is 0.261 e. The molecule has 0 aliphatic heterocycles. The van der Waals surface area contributed by atoms with Gasteiger partial charge in [0.15, 0.2) is 5.78 Å². The fraction of sp³-hybridized carbons (Fsp3) is 0.0526. The van der Waals surface area contributed by atoms with Gasteiger partial charge in [-0.05, 0) is 55.5 Å².